The number of rotatable bonds is 6. The van der Waals surface area contributed by atoms with Crippen molar-refractivity contribution < 1.29 is 9.59 Å². The van der Waals surface area contributed by atoms with Crippen LogP contribution in [0.4, 0.5) is 0 Å². The standard InChI is InChI=1S/C21H34N2O2/c1-3-5-10-19(24)22-18-12-14-21-13-7-15-23(21)20(25)11-6-9-17(21)16(18)8-4-2/h3,16-18H,1,4-15H2,2H3,(H,22,24)/t16-,17+,18+,21-/m1/s1. The van der Waals surface area contributed by atoms with Crippen LogP contribution in [0.5, 0.6) is 0 Å². The highest BCUT2D eigenvalue weighted by Crippen LogP contribution is 2.52. The van der Waals surface area contributed by atoms with E-state index in [-0.39, 0.29) is 17.5 Å². The molecule has 0 unspecified atom stereocenters. The van der Waals surface area contributed by atoms with E-state index in [1.807, 2.05) is 6.08 Å². The van der Waals surface area contributed by atoms with Gasteiger partial charge in [0.1, 0.15) is 0 Å². The number of allylic oxidation sites excluding steroid dienone is 1. The lowest BCUT2D eigenvalue weighted by atomic mass is 9.61. The molecule has 2 amide bonds. The molecule has 3 aliphatic rings. The molecule has 3 rings (SSSR count). The molecule has 1 spiro atoms. The molecule has 1 saturated carbocycles. The second kappa shape index (κ2) is 7.92. The Morgan fingerprint density at radius 1 is 1.36 bits per heavy atom. The zero-order valence-electron chi connectivity index (χ0n) is 15.8. The van der Waals surface area contributed by atoms with Gasteiger partial charge in [0, 0.05) is 31.0 Å². The summed E-state index contributed by atoms with van der Waals surface area (Å²) < 4.78 is 0. The van der Waals surface area contributed by atoms with Gasteiger partial charge in [-0.2, -0.15) is 0 Å². The van der Waals surface area contributed by atoms with Gasteiger partial charge in [-0.05, 0) is 63.2 Å². The number of hydrogen-bond donors (Lipinski definition) is 1. The largest absolute Gasteiger partial charge is 0.353 e. The van der Waals surface area contributed by atoms with Crippen molar-refractivity contribution in [2.45, 2.75) is 89.1 Å². The van der Waals surface area contributed by atoms with Gasteiger partial charge in [-0.25, -0.2) is 0 Å². The Labute approximate surface area is 152 Å². The van der Waals surface area contributed by atoms with Crippen LogP contribution in [-0.4, -0.2) is 34.8 Å². The van der Waals surface area contributed by atoms with E-state index in [2.05, 4.69) is 23.7 Å². The average molecular weight is 347 g/mol. The van der Waals surface area contributed by atoms with Gasteiger partial charge >= 0.3 is 0 Å². The second-order valence-corrected chi connectivity index (χ2v) is 8.24. The molecule has 1 N–H and O–H groups in total. The maximum Gasteiger partial charge on any atom is 0.223 e. The van der Waals surface area contributed by atoms with Crippen molar-refractivity contribution in [2.75, 3.05) is 6.54 Å². The smallest absolute Gasteiger partial charge is 0.223 e. The predicted molar refractivity (Wildman–Crippen MR) is 100 cm³/mol. The zero-order valence-corrected chi connectivity index (χ0v) is 15.8. The fourth-order valence-corrected chi connectivity index (χ4v) is 5.92. The maximum atomic E-state index is 12.6. The van der Waals surface area contributed by atoms with Gasteiger partial charge in [0.05, 0.1) is 0 Å². The summed E-state index contributed by atoms with van der Waals surface area (Å²) in [5.74, 6) is 1.61. The zero-order chi connectivity index (χ0) is 17.9. The van der Waals surface area contributed by atoms with Crippen LogP contribution in [0.1, 0.15) is 77.6 Å². The van der Waals surface area contributed by atoms with Crippen LogP contribution in [0.25, 0.3) is 0 Å². The summed E-state index contributed by atoms with van der Waals surface area (Å²) in [7, 11) is 0. The lowest BCUT2D eigenvalue weighted by Gasteiger charge is -2.53. The highest BCUT2D eigenvalue weighted by atomic mass is 16.2. The summed E-state index contributed by atoms with van der Waals surface area (Å²) >= 11 is 0. The highest BCUT2D eigenvalue weighted by Gasteiger charge is 2.55. The predicted octanol–water partition coefficient (Wildman–Crippen LogP) is 3.81. The van der Waals surface area contributed by atoms with Crippen molar-refractivity contribution >= 4 is 11.8 Å². The lowest BCUT2D eigenvalue weighted by Crippen LogP contribution is -2.60. The minimum Gasteiger partial charge on any atom is -0.353 e. The topological polar surface area (TPSA) is 49.4 Å². The van der Waals surface area contributed by atoms with Gasteiger partial charge < -0.3 is 10.2 Å². The molecule has 0 bridgehead atoms. The normalized spacial score (nSPS) is 34.8. The molecule has 2 aliphatic heterocycles. The van der Waals surface area contributed by atoms with Crippen molar-refractivity contribution in [3.63, 3.8) is 0 Å². The van der Waals surface area contributed by atoms with Crippen molar-refractivity contribution in [1.29, 1.82) is 0 Å². The number of nitrogens with one attached hydrogen (secondary N) is 1. The second-order valence-electron chi connectivity index (χ2n) is 8.24. The molecule has 25 heavy (non-hydrogen) atoms. The first-order valence-electron chi connectivity index (χ1n) is 10.3. The molecule has 0 aromatic carbocycles. The third kappa shape index (κ3) is 3.50. The van der Waals surface area contributed by atoms with Gasteiger partial charge in [0.25, 0.3) is 0 Å². The summed E-state index contributed by atoms with van der Waals surface area (Å²) in [6.45, 7) is 6.90. The van der Waals surface area contributed by atoms with Crippen LogP contribution in [0, 0.1) is 11.8 Å². The Balaban J connectivity index is 1.80. The number of nitrogens with zero attached hydrogens (tertiary/aromatic N) is 1. The molecular formula is C21H34N2O2. The number of carbonyl (C=O) groups is 2. The van der Waals surface area contributed by atoms with Gasteiger partial charge in [-0.15, -0.1) is 6.58 Å². The Kier molecular flexibility index (Phi) is 5.85. The highest BCUT2D eigenvalue weighted by molar-refractivity contribution is 5.78. The van der Waals surface area contributed by atoms with Gasteiger partial charge in [0.2, 0.25) is 11.8 Å². The first-order chi connectivity index (χ1) is 12.1. The number of hydrogen-bond acceptors (Lipinski definition) is 2. The van der Waals surface area contributed by atoms with Crippen LogP contribution in [0.3, 0.4) is 0 Å². The number of amides is 2. The van der Waals surface area contributed by atoms with Crippen LogP contribution in [0.2, 0.25) is 0 Å². The molecule has 140 valence electrons. The van der Waals surface area contributed by atoms with Crippen LogP contribution < -0.4 is 5.32 Å². The van der Waals surface area contributed by atoms with Crippen molar-refractivity contribution in [1.82, 2.24) is 10.2 Å². The van der Waals surface area contributed by atoms with Crippen LogP contribution in [0.15, 0.2) is 12.7 Å². The van der Waals surface area contributed by atoms with Gasteiger partial charge in [-0.1, -0.05) is 19.4 Å². The molecule has 2 saturated heterocycles. The Bertz CT molecular complexity index is 518. The fraction of sp³-hybridized carbons (Fsp3) is 0.810. The third-order valence-corrected chi connectivity index (χ3v) is 6.89. The summed E-state index contributed by atoms with van der Waals surface area (Å²) in [4.78, 5) is 27.2. The summed E-state index contributed by atoms with van der Waals surface area (Å²) in [6, 6.07) is 0.281. The molecule has 4 heteroatoms. The lowest BCUT2D eigenvalue weighted by molar-refractivity contribution is -0.139. The van der Waals surface area contributed by atoms with Gasteiger partial charge in [-0.3, -0.25) is 9.59 Å². The quantitative estimate of drug-likeness (QED) is 0.744. The Morgan fingerprint density at radius 2 is 2.20 bits per heavy atom. The molecule has 4 nitrogen and oxygen atoms in total. The first-order valence-corrected chi connectivity index (χ1v) is 10.3. The van der Waals surface area contributed by atoms with Crippen LogP contribution in [-0.2, 0) is 9.59 Å². The van der Waals surface area contributed by atoms with E-state index in [1.54, 1.807) is 0 Å². The minimum atomic E-state index is 0.0930. The van der Waals surface area contributed by atoms with Crippen molar-refractivity contribution in [3.05, 3.63) is 12.7 Å². The van der Waals surface area contributed by atoms with E-state index in [4.69, 9.17) is 0 Å². The minimum absolute atomic E-state index is 0.0930. The molecule has 0 aromatic rings. The summed E-state index contributed by atoms with van der Waals surface area (Å²) in [6.07, 6.45) is 12.7. The van der Waals surface area contributed by atoms with Crippen LogP contribution >= 0.6 is 0 Å². The van der Waals surface area contributed by atoms with Crippen molar-refractivity contribution in [2.24, 2.45) is 11.8 Å². The van der Waals surface area contributed by atoms with E-state index in [0.717, 1.165) is 57.9 Å². The molecule has 4 atom stereocenters. The molecule has 1 aliphatic carbocycles. The Morgan fingerprint density at radius 3 is 2.96 bits per heavy atom. The molecule has 0 aromatic heterocycles. The van der Waals surface area contributed by atoms with E-state index >= 15 is 0 Å². The van der Waals surface area contributed by atoms with E-state index in [0.29, 0.717) is 30.6 Å². The average Bonchev–Trinajstić information content (AvgIpc) is 2.97. The molecule has 0 radical (unpaired) electrons. The molecule has 2 heterocycles. The summed E-state index contributed by atoms with van der Waals surface area (Å²) in [5, 5.41) is 3.34. The van der Waals surface area contributed by atoms with Crippen molar-refractivity contribution in [3.8, 4) is 0 Å². The van der Waals surface area contributed by atoms with Gasteiger partial charge in [0.15, 0.2) is 0 Å². The molecular weight excluding hydrogens is 312 g/mol. The SMILES string of the molecule is C=CCCC(=O)N[C@H]1CC[C@@]23CCCN2C(=O)CCC[C@H]3[C@H]1CCC. The summed E-state index contributed by atoms with van der Waals surface area (Å²) in [5.41, 5.74) is 0.0930. The maximum absolute atomic E-state index is 12.6. The fourth-order valence-electron chi connectivity index (χ4n) is 5.92. The van der Waals surface area contributed by atoms with E-state index in [1.165, 1.54) is 6.42 Å². The monoisotopic (exact) mass is 346 g/mol. The van der Waals surface area contributed by atoms with E-state index in [9.17, 15) is 9.59 Å². The Hall–Kier alpha value is -1.32. The first kappa shape index (κ1) is 18.5. The van der Waals surface area contributed by atoms with E-state index < -0.39 is 0 Å². The third-order valence-electron chi connectivity index (χ3n) is 6.89. The number of carbonyl (C=O) groups excluding carboxylic acids is 2. The molecule has 3 fully saturated rings.